The molecule has 0 amide bonds. The molecule has 5 nitrogen and oxygen atoms in total. The molecule has 4 rings (SSSR count). The lowest BCUT2D eigenvalue weighted by atomic mass is 9.89. The molecule has 0 aliphatic heterocycles. The molecule has 2 saturated carbocycles. The van der Waals surface area contributed by atoms with E-state index in [9.17, 15) is 8.42 Å². The first-order valence-corrected chi connectivity index (χ1v) is 9.54. The first-order valence-electron chi connectivity index (χ1n) is 7.65. The van der Waals surface area contributed by atoms with Gasteiger partial charge in [-0.2, -0.15) is 4.98 Å². The Labute approximate surface area is 129 Å². The third-order valence-corrected chi connectivity index (χ3v) is 6.17. The monoisotopic (exact) mass is 318 g/mol. The summed E-state index contributed by atoms with van der Waals surface area (Å²) in [6.45, 7) is 0. The Morgan fingerprint density at radius 1 is 1.14 bits per heavy atom. The maximum Gasteiger partial charge on any atom is 0.230 e. The van der Waals surface area contributed by atoms with Crippen molar-refractivity contribution in [2.45, 2.75) is 36.5 Å². The maximum absolute atomic E-state index is 11.5. The lowest BCUT2D eigenvalue weighted by Gasteiger charge is -2.16. The zero-order valence-electron chi connectivity index (χ0n) is 12.4. The molecule has 2 aliphatic rings. The van der Waals surface area contributed by atoms with Crippen LogP contribution in [-0.4, -0.2) is 24.8 Å². The molecule has 0 spiro atoms. The van der Waals surface area contributed by atoms with Gasteiger partial charge in [-0.15, -0.1) is 0 Å². The Balaban J connectivity index is 1.59. The van der Waals surface area contributed by atoms with E-state index in [2.05, 4.69) is 10.1 Å². The maximum atomic E-state index is 11.5. The number of aromatic nitrogens is 2. The van der Waals surface area contributed by atoms with Crippen molar-refractivity contribution in [3.8, 4) is 11.4 Å². The summed E-state index contributed by atoms with van der Waals surface area (Å²) in [6.07, 6.45) is 6.28. The molecular weight excluding hydrogens is 300 g/mol. The first-order chi connectivity index (χ1) is 10.5. The van der Waals surface area contributed by atoms with Gasteiger partial charge in [0, 0.05) is 17.7 Å². The van der Waals surface area contributed by atoms with Crippen LogP contribution in [0, 0.1) is 11.8 Å². The normalized spacial score (nSPS) is 27.4. The fraction of sp³-hybridized carbons (Fsp3) is 0.500. The van der Waals surface area contributed by atoms with Gasteiger partial charge in [0.15, 0.2) is 9.84 Å². The summed E-state index contributed by atoms with van der Waals surface area (Å²) < 4.78 is 28.4. The predicted molar refractivity (Wildman–Crippen MR) is 81.0 cm³/mol. The largest absolute Gasteiger partial charge is 0.339 e. The molecule has 3 unspecified atom stereocenters. The quantitative estimate of drug-likeness (QED) is 0.869. The molecule has 116 valence electrons. The Bertz CT molecular complexity index is 795. The van der Waals surface area contributed by atoms with Crippen LogP contribution < -0.4 is 0 Å². The highest BCUT2D eigenvalue weighted by molar-refractivity contribution is 7.90. The number of rotatable bonds is 3. The second-order valence-corrected chi connectivity index (χ2v) is 8.55. The zero-order chi connectivity index (χ0) is 15.3. The summed E-state index contributed by atoms with van der Waals surface area (Å²) in [7, 11) is -3.18. The third kappa shape index (κ3) is 2.35. The third-order valence-electron chi connectivity index (χ3n) is 5.04. The van der Waals surface area contributed by atoms with Crippen LogP contribution in [0.3, 0.4) is 0 Å². The van der Waals surface area contributed by atoms with Gasteiger partial charge >= 0.3 is 0 Å². The second-order valence-electron chi connectivity index (χ2n) is 6.53. The molecule has 0 radical (unpaired) electrons. The number of nitrogens with zero attached hydrogens (tertiary/aromatic N) is 2. The van der Waals surface area contributed by atoms with E-state index in [0.29, 0.717) is 22.6 Å². The highest BCUT2D eigenvalue weighted by Gasteiger charge is 2.42. The van der Waals surface area contributed by atoms with Crippen molar-refractivity contribution in [2.24, 2.45) is 11.8 Å². The van der Waals surface area contributed by atoms with E-state index in [1.807, 2.05) is 0 Å². The average Bonchev–Trinajstić information content (AvgIpc) is 3.22. The summed E-state index contributed by atoms with van der Waals surface area (Å²) in [5, 5.41) is 4.07. The summed E-state index contributed by atoms with van der Waals surface area (Å²) in [6, 6.07) is 6.62. The molecule has 3 atom stereocenters. The van der Waals surface area contributed by atoms with Crippen LogP contribution in [0.1, 0.15) is 37.5 Å². The molecule has 2 fully saturated rings. The number of hydrogen-bond donors (Lipinski definition) is 0. The molecule has 6 heteroatoms. The molecule has 22 heavy (non-hydrogen) atoms. The average molecular weight is 318 g/mol. The van der Waals surface area contributed by atoms with E-state index in [1.54, 1.807) is 24.3 Å². The molecule has 0 N–H and O–H groups in total. The van der Waals surface area contributed by atoms with Crippen LogP contribution >= 0.6 is 0 Å². The number of benzene rings is 1. The minimum absolute atomic E-state index is 0.299. The van der Waals surface area contributed by atoms with Gasteiger partial charge in [0.2, 0.25) is 11.7 Å². The molecule has 2 bridgehead atoms. The highest BCUT2D eigenvalue weighted by Crippen LogP contribution is 2.52. The van der Waals surface area contributed by atoms with Gasteiger partial charge in [0.05, 0.1) is 4.90 Å². The number of sulfone groups is 1. The fourth-order valence-corrected chi connectivity index (χ4v) is 4.53. The number of hydrogen-bond acceptors (Lipinski definition) is 5. The summed E-state index contributed by atoms with van der Waals surface area (Å²) >= 11 is 0. The van der Waals surface area contributed by atoms with Gasteiger partial charge in [-0.3, -0.25) is 0 Å². The van der Waals surface area contributed by atoms with Crippen molar-refractivity contribution >= 4 is 9.84 Å². The van der Waals surface area contributed by atoms with Gasteiger partial charge in [0.1, 0.15) is 0 Å². The van der Waals surface area contributed by atoms with Gasteiger partial charge in [-0.1, -0.05) is 11.6 Å². The van der Waals surface area contributed by atoms with Crippen molar-refractivity contribution in [1.29, 1.82) is 0 Å². The van der Waals surface area contributed by atoms with Crippen LogP contribution in [0.2, 0.25) is 0 Å². The Kier molecular flexibility index (Phi) is 3.11. The van der Waals surface area contributed by atoms with Crippen molar-refractivity contribution in [1.82, 2.24) is 10.1 Å². The van der Waals surface area contributed by atoms with Crippen LogP contribution in [0.25, 0.3) is 11.4 Å². The molecule has 2 aliphatic carbocycles. The standard InChI is InChI=1S/C16H18N2O3S/c1-22(19,20)13-6-4-11(5-7-13)15-17-16(21-18-15)14-9-10-2-3-12(14)8-10/h4-7,10,12,14H,2-3,8-9H2,1H3. The minimum Gasteiger partial charge on any atom is -0.339 e. The molecule has 1 aromatic heterocycles. The molecule has 1 heterocycles. The van der Waals surface area contributed by atoms with E-state index >= 15 is 0 Å². The van der Waals surface area contributed by atoms with Crippen LogP contribution in [0.4, 0.5) is 0 Å². The highest BCUT2D eigenvalue weighted by atomic mass is 32.2. The molecule has 2 aromatic rings. The van der Waals surface area contributed by atoms with Crippen molar-refractivity contribution in [2.75, 3.05) is 6.26 Å². The van der Waals surface area contributed by atoms with Crippen molar-refractivity contribution in [3.63, 3.8) is 0 Å². The van der Waals surface area contributed by atoms with Crippen molar-refractivity contribution in [3.05, 3.63) is 30.2 Å². The van der Waals surface area contributed by atoms with Gasteiger partial charge < -0.3 is 4.52 Å². The van der Waals surface area contributed by atoms with Crippen LogP contribution in [-0.2, 0) is 9.84 Å². The molecule has 1 aromatic carbocycles. The van der Waals surface area contributed by atoms with E-state index in [4.69, 9.17) is 4.52 Å². The van der Waals surface area contributed by atoms with E-state index in [1.165, 1.54) is 31.9 Å². The summed E-state index contributed by atoms with van der Waals surface area (Å²) in [5.74, 6) is 3.23. The minimum atomic E-state index is -3.18. The van der Waals surface area contributed by atoms with Crippen molar-refractivity contribution < 1.29 is 12.9 Å². The van der Waals surface area contributed by atoms with Gasteiger partial charge in [-0.05, 0) is 55.4 Å². The summed E-state index contributed by atoms with van der Waals surface area (Å²) in [5.41, 5.74) is 0.783. The number of fused-ring (bicyclic) bond motifs is 2. The van der Waals surface area contributed by atoms with Gasteiger partial charge in [0.25, 0.3) is 0 Å². The van der Waals surface area contributed by atoms with Crippen LogP contribution in [0.15, 0.2) is 33.7 Å². The van der Waals surface area contributed by atoms with Crippen LogP contribution in [0.5, 0.6) is 0 Å². The van der Waals surface area contributed by atoms with E-state index in [0.717, 1.165) is 17.4 Å². The fourth-order valence-electron chi connectivity index (χ4n) is 3.90. The topological polar surface area (TPSA) is 73.1 Å². The second kappa shape index (κ2) is 4.91. The lowest BCUT2D eigenvalue weighted by molar-refractivity contribution is 0.302. The Morgan fingerprint density at radius 3 is 2.50 bits per heavy atom. The SMILES string of the molecule is CS(=O)(=O)c1ccc(-c2noc(C3CC4CCC3C4)n2)cc1. The lowest BCUT2D eigenvalue weighted by Crippen LogP contribution is -2.08. The zero-order valence-corrected chi connectivity index (χ0v) is 13.2. The smallest absolute Gasteiger partial charge is 0.230 e. The van der Waals surface area contributed by atoms with E-state index < -0.39 is 9.84 Å². The Morgan fingerprint density at radius 2 is 1.91 bits per heavy atom. The Hall–Kier alpha value is -1.69. The molecule has 0 saturated heterocycles. The molecular formula is C16H18N2O3S. The first kappa shape index (κ1) is 13.9. The summed E-state index contributed by atoms with van der Waals surface area (Å²) in [4.78, 5) is 4.85. The van der Waals surface area contributed by atoms with Gasteiger partial charge in [-0.25, -0.2) is 8.42 Å². The predicted octanol–water partition coefficient (Wildman–Crippen LogP) is 3.04. The van der Waals surface area contributed by atoms with E-state index in [-0.39, 0.29) is 0 Å².